The summed E-state index contributed by atoms with van der Waals surface area (Å²) in [5, 5.41) is 0. The molecule has 4 saturated heterocycles. The Hall–Kier alpha value is -1.88. The van der Waals surface area contributed by atoms with Gasteiger partial charge in [-0.25, -0.2) is 0 Å². The number of epoxide rings is 1. The largest absolute Gasteiger partial charge is 0.369 e. The van der Waals surface area contributed by atoms with Crippen LogP contribution in [-0.2, 0) is 38.0 Å². The van der Waals surface area contributed by atoms with Gasteiger partial charge >= 0.3 is 0 Å². The molecule has 5 rings (SSSR count). The van der Waals surface area contributed by atoms with Crippen LogP contribution in [0.5, 0.6) is 0 Å². The number of β-lactam (4-membered cyclic amide) rings is 1. The Morgan fingerprint density at radius 1 is 1.06 bits per heavy atom. The molecule has 180 valence electrons. The van der Waals surface area contributed by atoms with Gasteiger partial charge in [0.05, 0.1) is 12.6 Å². The third-order valence-electron chi connectivity index (χ3n) is 6.73. The van der Waals surface area contributed by atoms with Crippen molar-refractivity contribution in [1.82, 2.24) is 4.90 Å². The lowest BCUT2D eigenvalue weighted by molar-refractivity contribution is -0.188. The molecule has 4 aliphatic heterocycles. The van der Waals surface area contributed by atoms with Crippen LogP contribution >= 0.6 is 0 Å². The van der Waals surface area contributed by atoms with Crippen molar-refractivity contribution < 1.29 is 38.0 Å². The van der Waals surface area contributed by atoms with Gasteiger partial charge in [-0.05, 0) is 33.3 Å². The van der Waals surface area contributed by atoms with Gasteiger partial charge in [0.15, 0.2) is 17.7 Å². The number of amides is 1. The van der Waals surface area contributed by atoms with Crippen LogP contribution in [0, 0.1) is 0 Å². The summed E-state index contributed by atoms with van der Waals surface area (Å²) in [6, 6.07) is 8.51. The van der Waals surface area contributed by atoms with Gasteiger partial charge in [0.1, 0.15) is 42.8 Å². The zero-order chi connectivity index (χ0) is 23.5. The Kier molecular flexibility index (Phi) is 5.63. The van der Waals surface area contributed by atoms with Crippen LogP contribution < -0.4 is 0 Å². The van der Waals surface area contributed by atoms with Crippen LogP contribution in [0.2, 0.25) is 0 Å². The van der Waals surface area contributed by atoms with Crippen LogP contribution in [0.15, 0.2) is 30.3 Å². The SMILES string of the molecule is CO[C@H]1C(=O)N([C@@H](C=O)[C@H]2OC(C)(C)O[C@@H]2[C@H]2COC(C)(C)O2)[C@H]1[C@H]1O[C@@H]1c1ccccc1. The number of carbonyl (C=O) groups excluding carboxylic acids is 2. The first-order chi connectivity index (χ1) is 15.7. The number of likely N-dealkylation sites (tertiary alicyclic amines) is 1. The van der Waals surface area contributed by atoms with Crippen molar-refractivity contribution in [3.8, 4) is 0 Å². The number of ether oxygens (including phenoxy) is 6. The highest BCUT2D eigenvalue weighted by Gasteiger charge is 2.65. The third kappa shape index (κ3) is 4.00. The normalized spacial score (nSPS) is 39.8. The van der Waals surface area contributed by atoms with E-state index in [9.17, 15) is 9.59 Å². The van der Waals surface area contributed by atoms with Crippen LogP contribution in [0.25, 0.3) is 0 Å². The second-order valence-corrected chi connectivity index (χ2v) is 9.88. The van der Waals surface area contributed by atoms with Gasteiger partial charge in [-0.1, -0.05) is 30.3 Å². The van der Waals surface area contributed by atoms with Crippen molar-refractivity contribution in [1.29, 1.82) is 0 Å². The second-order valence-electron chi connectivity index (χ2n) is 9.88. The third-order valence-corrected chi connectivity index (χ3v) is 6.73. The molecular formula is C24H31NO8. The molecule has 8 atom stereocenters. The van der Waals surface area contributed by atoms with E-state index in [2.05, 4.69) is 0 Å². The summed E-state index contributed by atoms with van der Waals surface area (Å²) < 4.78 is 35.5. The van der Waals surface area contributed by atoms with Crippen molar-refractivity contribution in [2.75, 3.05) is 13.7 Å². The molecular weight excluding hydrogens is 430 g/mol. The molecule has 0 N–H and O–H groups in total. The summed E-state index contributed by atoms with van der Waals surface area (Å²) >= 11 is 0. The van der Waals surface area contributed by atoms with Crippen molar-refractivity contribution in [2.24, 2.45) is 0 Å². The van der Waals surface area contributed by atoms with Crippen LogP contribution in [0.1, 0.15) is 39.4 Å². The Morgan fingerprint density at radius 3 is 2.39 bits per heavy atom. The molecule has 4 heterocycles. The maximum Gasteiger partial charge on any atom is 0.255 e. The number of nitrogens with zero attached hydrogens (tertiary/aromatic N) is 1. The number of hydrogen-bond acceptors (Lipinski definition) is 8. The summed E-state index contributed by atoms with van der Waals surface area (Å²) in [7, 11) is 1.50. The molecule has 4 aliphatic rings. The Labute approximate surface area is 193 Å². The fourth-order valence-electron chi connectivity index (χ4n) is 5.26. The number of benzene rings is 1. The molecule has 0 aliphatic carbocycles. The lowest BCUT2D eigenvalue weighted by Crippen LogP contribution is -2.73. The maximum atomic E-state index is 13.1. The van der Waals surface area contributed by atoms with Gasteiger partial charge in [-0.3, -0.25) is 4.79 Å². The van der Waals surface area contributed by atoms with Crippen molar-refractivity contribution in [3.05, 3.63) is 35.9 Å². The van der Waals surface area contributed by atoms with E-state index in [1.807, 2.05) is 44.2 Å². The van der Waals surface area contributed by atoms with E-state index in [1.165, 1.54) is 12.0 Å². The van der Waals surface area contributed by atoms with Gasteiger partial charge in [0.2, 0.25) is 0 Å². The lowest BCUT2D eigenvalue weighted by atomic mass is 9.87. The predicted octanol–water partition coefficient (Wildman–Crippen LogP) is 1.59. The molecule has 1 aromatic carbocycles. The molecule has 1 aromatic rings. The minimum atomic E-state index is -0.945. The quantitative estimate of drug-likeness (QED) is 0.343. The lowest BCUT2D eigenvalue weighted by Gasteiger charge is -2.49. The molecule has 9 heteroatoms. The van der Waals surface area contributed by atoms with E-state index in [1.54, 1.807) is 13.8 Å². The predicted molar refractivity (Wildman–Crippen MR) is 114 cm³/mol. The first-order valence-electron chi connectivity index (χ1n) is 11.3. The highest BCUT2D eigenvalue weighted by atomic mass is 16.8. The smallest absolute Gasteiger partial charge is 0.255 e. The van der Waals surface area contributed by atoms with Gasteiger partial charge < -0.3 is 38.1 Å². The number of carbonyl (C=O) groups is 2. The van der Waals surface area contributed by atoms with E-state index >= 15 is 0 Å². The number of methoxy groups -OCH3 is 1. The number of hydrogen-bond donors (Lipinski definition) is 0. The maximum absolute atomic E-state index is 13.1. The number of rotatable bonds is 7. The first-order valence-corrected chi connectivity index (χ1v) is 11.3. The summed E-state index contributed by atoms with van der Waals surface area (Å²) in [6.45, 7) is 7.52. The fraction of sp³-hybridized carbons (Fsp3) is 0.667. The topological polar surface area (TPSA) is 96.1 Å². The monoisotopic (exact) mass is 461 g/mol. The zero-order valence-electron chi connectivity index (χ0n) is 19.5. The summed E-state index contributed by atoms with van der Waals surface area (Å²) in [5.74, 6) is -1.97. The Morgan fingerprint density at radius 2 is 1.79 bits per heavy atom. The van der Waals surface area contributed by atoms with Crippen molar-refractivity contribution in [2.45, 2.75) is 88.0 Å². The average molecular weight is 462 g/mol. The average Bonchev–Trinajstić information content (AvgIpc) is 3.37. The van der Waals surface area contributed by atoms with Gasteiger partial charge in [0.25, 0.3) is 5.91 Å². The summed E-state index contributed by atoms with van der Waals surface area (Å²) in [6.07, 6.45) is -2.09. The van der Waals surface area contributed by atoms with Gasteiger partial charge in [-0.15, -0.1) is 0 Å². The standard InChI is InChI=1S/C24H31NO8/c1-23(2)29-12-15(31-23)19-18(32-24(3,4)33-19)14(11-26)25-16(21(28-5)22(25)27)20-17(30-20)13-9-7-6-8-10-13/h6-11,14-21H,12H2,1-5H3/t14-,15+,16-,17+,18+,19+,20+,21+/m0/s1. The fourth-order valence-corrected chi connectivity index (χ4v) is 5.26. The van der Waals surface area contributed by atoms with Crippen LogP contribution in [-0.4, -0.2) is 85.0 Å². The molecule has 1 amide bonds. The Bertz CT molecular complexity index is 905. The number of aldehydes is 1. The molecule has 33 heavy (non-hydrogen) atoms. The first kappa shape index (κ1) is 22.9. The highest BCUT2D eigenvalue weighted by Crippen LogP contribution is 2.48. The second kappa shape index (κ2) is 8.11. The van der Waals surface area contributed by atoms with Crippen molar-refractivity contribution >= 4 is 12.2 Å². The van der Waals surface area contributed by atoms with Gasteiger partial charge in [0, 0.05) is 7.11 Å². The van der Waals surface area contributed by atoms with E-state index in [-0.39, 0.29) is 18.1 Å². The van der Waals surface area contributed by atoms with E-state index < -0.39 is 48.1 Å². The Balaban J connectivity index is 1.39. The molecule has 0 radical (unpaired) electrons. The van der Waals surface area contributed by atoms with Crippen molar-refractivity contribution in [3.63, 3.8) is 0 Å². The molecule has 0 saturated carbocycles. The summed E-state index contributed by atoms with van der Waals surface area (Å²) in [4.78, 5) is 27.0. The molecule has 4 fully saturated rings. The van der Waals surface area contributed by atoms with E-state index in [0.29, 0.717) is 6.61 Å². The molecule has 0 unspecified atom stereocenters. The van der Waals surface area contributed by atoms with Crippen LogP contribution in [0.3, 0.4) is 0 Å². The summed E-state index contributed by atoms with van der Waals surface area (Å²) in [5.41, 5.74) is 1.03. The van der Waals surface area contributed by atoms with E-state index in [0.717, 1.165) is 11.8 Å². The molecule has 0 aromatic heterocycles. The highest BCUT2D eigenvalue weighted by molar-refractivity contribution is 5.91. The van der Waals surface area contributed by atoms with E-state index in [4.69, 9.17) is 28.4 Å². The zero-order valence-corrected chi connectivity index (χ0v) is 19.5. The molecule has 0 spiro atoms. The molecule has 9 nitrogen and oxygen atoms in total. The minimum absolute atomic E-state index is 0.155. The minimum Gasteiger partial charge on any atom is -0.369 e. The van der Waals surface area contributed by atoms with Gasteiger partial charge in [-0.2, -0.15) is 0 Å². The van der Waals surface area contributed by atoms with Crippen LogP contribution in [0.4, 0.5) is 0 Å². The molecule has 0 bridgehead atoms.